The Hall–Kier alpha value is 0.310. The molecule has 0 saturated heterocycles. The normalized spacial score (nSPS) is 27.6. The van der Waals surface area contributed by atoms with E-state index in [1.54, 1.807) is 0 Å². The van der Waals surface area contributed by atoms with Crippen molar-refractivity contribution in [2.75, 3.05) is 12.8 Å². The first-order valence-corrected chi connectivity index (χ1v) is 5.01. The SMILES string of the molecule is CSC1(CN)CC(C)(C)C1. The van der Waals surface area contributed by atoms with Crippen molar-refractivity contribution in [1.82, 2.24) is 0 Å². The molecule has 0 aromatic carbocycles. The third-order valence-electron chi connectivity index (χ3n) is 2.41. The Kier molecular flexibility index (Phi) is 2.03. The summed E-state index contributed by atoms with van der Waals surface area (Å²) >= 11 is 1.94. The van der Waals surface area contributed by atoms with Gasteiger partial charge in [0.1, 0.15) is 0 Å². The first-order chi connectivity index (χ1) is 4.54. The molecule has 0 spiro atoms. The minimum absolute atomic E-state index is 0.434. The summed E-state index contributed by atoms with van der Waals surface area (Å²) in [5.41, 5.74) is 6.24. The molecule has 0 atom stereocenters. The zero-order valence-electron chi connectivity index (χ0n) is 7.11. The molecule has 0 bridgehead atoms. The van der Waals surface area contributed by atoms with Crippen LogP contribution < -0.4 is 5.73 Å². The first-order valence-electron chi connectivity index (χ1n) is 3.79. The van der Waals surface area contributed by atoms with Crippen molar-refractivity contribution in [2.45, 2.75) is 31.4 Å². The van der Waals surface area contributed by atoms with Crippen LogP contribution in [0.2, 0.25) is 0 Å². The van der Waals surface area contributed by atoms with Gasteiger partial charge in [0.05, 0.1) is 0 Å². The molecule has 10 heavy (non-hydrogen) atoms. The lowest BCUT2D eigenvalue weighted by molar-refractivity contribution is 0.132. The second kappa shape index (κ2) is 2.42. The van der Waals surface area contributed by atoms with Crippen molar-refractivity contribution in [3.63, 3.8) is 0 Å². The van der Waals surface area contributed by atoms with E-state index in [0.29, 0.717) is 10.2 Å². The summed E-state index contributed by atoms with van der Waals surface area (Å²) in [6.45, 7) is 5.48. The number of thioether (sulfide) groups is 1. The summed E-state index contributed by atoms with van der Waals surface area (Å²) in [5.74, 6) is 0. The van der Waals surface area contributed by atoms with Crippen LogP contribution in [-0.2, 0) is 0 Å². The molecule has 2 heteroatoms. The monoisotopic (exact) mass is 159 g/mol. The van der Waals surface area contributed by atoms with Crippen LogP contribution in [-0.4, -0.2) is 17.5 Å². The summed E-state index contributed by atoms with van der Waals surface area (Å²) in [4.78, 5) is 0. The van der Waals surface area contributed by atoms with Crippen molar-refractivity contribution in [3.8, 4) is 0 Å². The molecule has 1 nitrogen and oxygen atoms in total. The predicted octanol–water partition coefficient (Wildman–Crippen LogP) is 1.87. The number of hydrogen-bond donors (Lipinski definition) is 1. The van der Waals surface area contributed by atoms with E-state index in [2.05, 4.69) is 20.1 Å². The number of rotatable bonds is 2. The smallest absolute Gasteiger partial charge is 0.0289 e. The fourth-order valence-corrected chi connectivity index (χ4v) is 3.30. The third-order valence-corrected chi connectivity index (χ3v) is 3.73. The maximum Gasteiger partial charge on any atom is 0.0289 e. The van der Waals surface area contributed by atoms with Crippen LogP contribution >= 0.6 is 11.8 Å². The molecule has 2 N–H and O–H groups in total. The highest BCUT2D eigenvalue weighted by molar-refractivity contribution is 8.00. The van der Waals surface area contributed by atoms with Crippen LogP contribution in [0.1, 0.15) is 26.7 Å². The topological polar surface area (TPSA) is 26.0 Å². The van der Waals surface area contributed by atoms with Gasteiger partial charge in [-0.15, -0.1) is 0 Å². The van der Waals surface area contributed by atoms with Gasteiger partial charge >= 0.3 is 0 Å². The second-order valence-electron chi connectivity index (χ2n) is 4.11. The highest BCUT2D eigenvalue weighted by Gasteiger charge is 2.47. The zero-order chi connectivity index (χ0) is 7.83. The molecule has 1 saturated carbocycles. The summed E-state index contributed by atoms with van der Waals surface area (Å²) in [5, 5.41) is 0. The van der Waals surface area contributed by atoms with Crippen molar-refractivity contribution in [2.24, 2.45) is 11.1 Å². The van der Waals surface area contributed by atoms with Gasteiger partial charge in [0.15, 0.2) is 0 Å². The first kappa shape index (κ1) is 8.41. The molecule has 0 radical (unpaired) electrons. The fourth-order valence-electron chi connectivity index (χ4n) is 2.06. The standard InChI is InChI=1S/C8H17NS/c1-7(2)4-8(5-7,6-9)10-3/h4-6,9H2,1-3H3. The van der Waals surface area contributed by atoms with Gasteiger partial charge in [-0.05, 0) is 24.5 Å². The summed E-state index contributed by atoms with van der Waals surface area (Å²) in [6, 6.07) is 0. The molecule has 60 valence electrons. The molecule has 0 aliphatic heterocycles. The van der Waals surface area contributed by atoms with Gasteiger partial charge in [0.25, 0.3) is 0 Å². The van der Waals surface area contributed by atoms with E-state index in [1.807, 2.05) is 11.8 Å². The molecule has 0 aromatic rings. The van der Waals surface area contributed by atoms with Gasteiger partial charge in [-0.2, -0.15) is 11.8 Å². The second-order valence-corrected chi connectivity index (χ2v) is 5.38. The van der Waals surface area contributed by atoms with E-state index in [-0.39, 0.29) is 0 Å². The summed E-state index contributed by atoms with van der Waals surface area (Å²) < 4.78 is 0.434. The van der Waals surface area contributed by atoms with Crippen LogP contribution in [0.3, 0.4) is 0 Å². The molecule has 0 amide bonds. The predicted molar refractivity (Wildman–Crippen MR) is 48.3 cm³/mol. The lowest BCUT2D eigenvalue weighted by Crippen LogP contribution is -2.51. The van der Waals surface area contributed by atoms with E-state index in [9.17, 15) is 0 Å². The van der Waals surface area contributed by atoms with Crippen LogP contribution in [0.15, 0.2) is 0 Å². The molecule has 0 heterocycles. The lowest BCUT2D eigenvalue weighted by Gasteiger charge is -2.52. The largest absolute Gasteiger partial charge is 0.329 e. The summed E-state index contributed by atoms with van der Waals surface area (Å²) in [6.07, 6.45) is 4.75. The summed E-state index contributed by atoms with van der Waals surface area (Å²) in [7, 11) is 0. The molecule has 1 aliphatic carbocycles. The molecular weight excluding hydrogens is 142 g/mol. The van der Waals surface area contributed by atoms with Gasteiger partial charge in [0, 0.05) is 11.3 Å². The van der Waals surface area contributed by atoms with Crippen LogP contribution in [0.25, 0.3) is 0 Å². The number of nitrogens with two attached hydrogens (primary N) is 1. The van der Waals surface area contributed by atoms with Crippen LogP contribution in [0.5, 0.6) is 0 Å². The van der Waals surface area contributed by atoms with E-state index < -0.39 is 0 Å². The molecule has 1 fully saturated rings. The van der Waals surface area contributed by atoms with E-state index in [4.69, 9.17) is 5.73 Å². The van der Waals surface area contributed by atoms with Gasteiger partial charge in [-0.1, -0.05) is 13.8 Å². The average molecular weight is 159 g/mol. The minimum Gasteiger partial charge on any atom is -0.329 e. The van der Waals surface area contributed by atoms with E-state index in [0.717, 1.165) is 6.54 Å². The third kappa shape index (κ3) is 1.32. The molecular formula is C8H17NS. The van der Waals surface area contributed by atoms with Gasteiger partial charge in [-0.25, -0.2) is 0 Å². The fraction of sp³-hybridized carbons (Fsp3) is 1.00. The Bertz CT molecular complexity index is 117. The van der Waals surface area contributed by atoms with Gasteiger partial charge in [0.2, 0.25) is 0 Å². The maximum atomic E-state index is 5.68. The van der Waals surface area contributed by atoms with Crippen molar-refractivity contribution in [1.29, 1.82) is 0 Å². The van der Waals surface area contributed by atoms with Crippen molar-refractivity contribution < 1.29 is 0 Å². The molecule has 0 aromatic heterocycles. The van der Waals surface area contributed by atoms with Crippen LogP contribution in [0, 0.1) is 5.41 Å². The Morgan fingerprint density at radius 2 is 1.90 bits per heavy atom. The Balaban J connectivity index is 2.46. The zero-order valence-corrected chi connectivity index (χ0v) is 7.92. The van der Waals surface area contributed by atoms with Crippen molar-refractivity contribution >= 4 is 11.8 Å². The minimum atomic E-state index is 0.434. The molecule has 1 aliphatic rings. The van der Waals surface area contributed by atoms with Gasteiger partial charge in [-0.3, -0.25) is 0 Å². The highest BCUT2D eigenvalue weighted by Crippen LogP contribution is 2.53. The Morgan fingerprint density at radius 3 is 2.00 bits per heavy atom. The Morgan fingerprint density at radius 1 is 1.40 bits per heavy atom. The molecule has 0 unspecified atom stereocenters. The Labute approximate surface area is 67.8 Å². The van der Waals surface area contributed by atoms with Gasteiger partial charge < -0.3 is 5.73 Å². The van der Waals surface area contributed by atoms with Crippen LogP contribution in [0.4, 0.5) is 0 Å². The van der Waals surface area contributed by atoms with Crippen molar-refractivity contribution in [3.05, 3.63) is 0 Å². The highest BCUT2D eigenvalue weighted by atomic mass is 32.2. The average Bonchev–Trinajstić information content (AvgIpc) is 1.82. The number of hydrogen-bond acceptors (Lipinski definition) is 2. The van der Waals surface area contributed by atoms with E-state index >= 15 is 0 Å². The molecule has 1 rings (SSSR count). The van der Waals surface area contributed by atoms with E-state index in [1.165, 1.54) is 12.8 Å². The quantitative estimate of drug-likeness (QED) is 0.665. The maximum absolute atomic E-state index is 5.68. The lowest BCUT2D eigenvalue weighted by atomic mass is 9.64.